The number of hydrogen-bond acceptors (Lipinski definition) is 2. The maximum Gasteiger partial charge on any atom is 0.188 e. The quantitative estimate of drug-likeness (QED) is 0.246. The Labute approximate surface area is 165 Å². The van der Waals surface area contributed by atoms with E-state index >= 15 is 0 Å². The minimum Gasteiger partial charge on any atom is -0.370 e. The van der Waals surface area contributed by atoms with E-state index in [0.717, 1.165) is 19.5 Å². The second kappa shape index (κ2) is 13.5. The largest absolute Gasteiger partial charge is 0.370 e. The first kappa shape index (κ1) is 23.2. The summed E-state index contributed by atoms with van der Waals surface area (Å²) in [7, 11) is 2.15. The van der Waals surface area contributed by atoms with Gasteiger partial charge in [0.2, 0.25) is 0 Å². The highest BCUT2D eigenvalue weighted by Crippen LogP contribution is 2.13. The topological polar surface area (TPSA) is 53.6 Å². The molecule has 0 aliphatic carbocycles. The minimum atomic E-state index is 0. The molecule has 0 heterocycles. The fraction of sp³-hybridized carbons (Fsp3) is 0.632. The number of hydrogen-bond donors (Lipinski definition) is 2. The highest BCUT2D eigenvalue weighted by Gasteiger charge is 2.07. The van der Waals surface area contributed by atoms with Crippen molar-refractivity contribution in [3.63, 3.8) is 0 Å². The number of benzene rings is 1. The van der Waals surface area contributed by atoms with E-state index in [4.69, 9.17) is 5.73 Å². The zero-order chi connectivity index (χ0) is 17.1. The van der Waals surface area contributed by atoms with E-state index < -0.39 is 0 Å². The van der Waals surface area contributed by atoms with Crippen LogP contribution in [-0.2, 0) is 13.1 Å². The van der Waals surface area contributed by atoms with Crippen LogP contribution in [0, 0.1) is 0 Å². The van der Waals surface area contributed by atoms with Gasteiger partial charge in [0.25, 0.3) is 0 Å². The van der Waals surface area contributed by atoms with Crippen molar-refractivity contribution in [2.45, 2.75) is 65.6 Å². The summed E-state index contributed by atoms with van der Waals surface area (Å²) in [5, 5.41) is 3.21. The van der Waals surface area contributed by atoms with Crippen molar-refractivity contribution in [1.82, 2.24) is 10.2 Å². The van der Waals surface area contributed by atoms with E-state index in [2.05, 4.69) is 67.3 Å². The van der Waals surface area contributed by atoms with Gasteiger partial charge in [-0.1, -0.05) is 50.5 Å². The van der Waals surface area contributed by atoms with Gasteiger partial charge in [0.05, 0.1) is 6.54 Å². The Balaban J connectivity index is 0.00000529. The number of rotatable bonds is 10. The number of aliphatic imine (C=N–C) groups is 1. The Hall–Kier alpha value is -0.820. The van der Waals surface area contributed by atoms with Gasteiger partial charge in [0.1, 0.15) is 0 Å². The van der Waals surface area contributed by atoms with Gasteiger partial charge >= 0.3 is 0 Å². The summed E-state index contributed by atoms with van der Waals surface area (Å²) in [4.78, 5) is 6.82. The first-order valence-electron chi connectivity index (χ1n) is 8.85. The number of guanidine groups is 1. The SMILES string of the molecule is CCCCCCNC(N)=NCc1ccccc1CN(C)C(C)C.I. The molecule has 1 rings (SSSR count). The van der Waals surface area contributed by atoms with Gasteiger partial charge in [-0.15, -0.1) is 24.0 Å². The molecule has 3 N–H and O–H groups in total. The Bertz CT molecular complexity index is 474. The predicted molar refractivity (Wildman–Crippen MR) is 116 cm³/mol. The van der Waals surface area contributed by atoms with Crippen LogP contribution in [0.1, 0.15) is 57.6 Å². The van der Waals surface area contributed by atoms with E-state index in [1.807, 2.05) is 0 Å². The van der Waals surface area contributed by atoms with E-state index in [1.54, 1.807) is 0 Å². The summed E-state index contributed by atoms with van der Waals surface area (Å²) in [6.07, 6.45) is 4.95. The van der Waals surface area contributed by atoms with Gasteiger partial charge in [-0.2, -0.15) is 0 Å². The van der Waals surface area contributed by atoms with Gasteiger partial charge in [-0.25, -0.2) is 4.99 Å². The molecule has 0 atom stereocenters. The normalized spacial score (nSPS) is 11.7. The molecule has 0 saturated heterocycles. The first-order valence-corrected chi connectivity index (χ1v) is 8.85. The van der Waals surface area contributed by atoms with Crippen LogP contribution in [0.4, 0.5) is 0 Å². The Morgan fingerprint density at radius 3 is 2.46 bits per heavy atom. The van der Waals surface area contributed by atoms with Gasteiger partial charge < -0.3 is 11.1 Å². The molecule has 1 aromatic rings. The van der Waals surface area contributed by atoms with E-state index in [9.17, 15) is 0 Å². The van der Waals surface area contributed by atoms with Crippen LogP contribution in [0.3, 0.4) is 0 Å². The second-order valence-corrected chi connectivity index (χ2v) is 6.47. The Morgan fingerprint density at radius 2 is 1.83 bits per heavy atom. The van der Waals surface area contributed by atoms with Crippen molar-refractivity contribution in [2.24, 2.45) is 10.7 Å². The van der Waals surface area contributed by atoms with Crippen molar-refractivity contribution in [1.29, 1.82) is 0 Å². The molecule has 1 aromatic carbocycles. The molecule has 24 heavy (non-hydrogen) atoms. The molecule has 5 heteroatoms. The highest BCUT2D eigenvalue weighted by molar-refractivity contribution is 14.0. The molecule has 0 saturated carbocycles. The standard InChI is InChI=1S/C19H34N4.HI/c1-5-6-7-10-13-21-19(20)22-14-17-11-8-9-12-18(17)15-23(4)16(2)3;/h8-9,11-12,16H,5-7,10,13-15H2,1-4H3,(H3,20,21,22);1H. The molecule has 0 aliphatic rings. The number of nitrogens with two attached hydrogens (primary N) is 1. The van der Waals surface area contributed by atoms with Crippen molar-refractivity contribution in [3.05, 3.63) is 35.4 Å². The summed E-state index contributed by atoms with van der Waals surface area (Å²) in [6, 6.07) is 9.01. The molecule has 0 aliphatic heterocycles. The summed E-state index contributed by atoms with van der Waals surface area (Å²) in [6.45, 7) is 9.12. The molecule has 0 unspecified atom stereocenters. The molecular weight excluding hydrogens is 411 g/mol. The van der Waals surface area contributed by atoms with Crippen molar-refractivity contribution in [3.8, 4) is 0 Å². The van der Waals surface area contributed by atoms with Crippen LogP contribution in [0.15, 0.2) is 29.3 Å². The molecule has 0 bridgehead atoms. The molecule has 138 valence electrons. The van der Waals surface area contributed by atoms with E-state index in [1.165, 1.54) is 30.4 Å². The monoisotopic (exact) mass is 446 g/mol. The zero-order valence-electron chi connectivity index (χ0n) is 15.7. The fourth-order valence-corrected chi connectivity index (χ4v) is 2.31. The lowest BCUT2D eigenvalue weighted by molar-refractivity contribution is 0.265. The lowest BCUT2D eigenvalue weighted by Crippen LogP contribution is -2.32. The maximum atomic E-state index is 5.96. The van der Waals surface area contributed by atoms with Gasteiger partial charge in [0, 0.05) is 19.1 Å². The zero-order valence-corrected chi connectivity index (χ0v) is 18.0. The lowest BCUT2D eigenvalue weighted by Gasteiger charge is -2.22. The molecule has 4 nitrogen and oxygen atoms in total. The third kappa shape index (κ3) is 9.47. The number of nitrogens with one attached hydrogen (secondary N) is 1. The lowest BCUT2D eigenvalue weighted by atomic mass is 10.1. The number of halogens is 1. The molecule has 0 radical (unpaired) electrons. The average molecular weight is 446 g/mol. The van der Waals surface area contributed by atoms with Crippen LogP contribution >= 0.6 is 24.0 Å². The van der Waals surface area contributed by atoms with Crippen LogP contribution < -0.4 is 11.1 Å². The number of nitrogens with zero attached hydrogens (tertiary/aromatic N) is 2. The fourth-order valence-electron chi connectivity index (χ4n) is 2.31. The first-order chi connectivity index (χ1) is 11.0. The number of unbranched alkanes of at least 4 members (excludes halogenated alkanes) is 3. The Morgan fingerprint density at radius 1 is 1.17 bits per heavy atom. The van der Waals surface area contributed by atoms with Gasteiger partial charge in [0.15, 0.2) is 5.96 Å². The minimum absolute atomic E-state index is 0. The maximum absolute atomic E-state index is 5.96. The van der Waals surface area contributed by atoms with Crippen LogP contribution in [0.5, 0.6) is 0 Å². The van der Waals surface area contributed by atoms with Crippen molar-refractivity contribution < 1.29 is 0 Å². The van der Waals surface area contributed by atoms with Crippen LogP contribution in [-0.4, -0.2) is 30.5 Å². The third-order valence-corrected chi connectivity index (χ3v) is 4.18. The highest BCUT2D eigenvalue weighted by atomic mass is 127. The van der Waals surface area contributed by atoms with Crippen LogP contribution in [0.2, 0.25) is 0 Å². The van der Waals surface area contributed by atoms with Crippen LogP contribution in [0.25, 0.3) is 0 Å². The second-order valence-electron chi connectivity index (χ2n) is 6.47. The third-order valence-electron chi connectivity index (χ3n) is 4.18. The van der Waals surface area contributed by atoms with Crippen molar-refractivity contribution >= 4 is 29.9 Å². The summed E-state index contributed by atoms with van der Waals surface area (Å²) >= 11 is 0. The summed E-state index contributed by atoms with van der Waals surface area (Å²) in [5.41, 5.74) is 8.53. The Kier molecular flexibility index (Phi) is 13.0. The predicted octanol–water partition coefficient (Wildman–Crippen LogP) is 4.13. The molecule has 0 aromatic heterocycles. The van der Waals surface area contributed by atoms with Crippen molar-refractivity contribution in [2.75, 3.05) is 13.6 Å². The molecule has 0 spiro atoms. The smallest absolute Gasteiger partial charge is 0.188 e. The van der Waals surface area contributed by atoms with Gasteiger partial charge in [-0.3, -0.25) is 4.90 Å². The molecule has 0 amide bonds. The molecular formula is C19H35IN4. The van der Waals surface area contributed by atoms with E-state index in [-0.39, 0.29) is 24.0 Å². The van der Waals surface area contributed by atoms with E-state index in [0.29, 0.717) is 18.5 Å². The molecule has 0 fully saturated rings. The summed E-state index contributed by atoms with van der Waals surface area (Å²) in [5.74, 6) is 0.550. The average Bonchev–Trinajstić information content (AvgIpc) is 2.53. The van der Waals surface area contributed by atoms with Gasteiger partial charge in [-0.05, 0) is 38.4 Å². The summed E-state index contributed by atoms with van der Waals surface area (Å²) < 4.78 is 0.